The normalized spacial score (nSPS) is 18.0. The summed E-state index contributed by atoms with van der Waals surface area (Å²) in [6.07, 6.45) is 0.369. The second-order valence-corrected chi connectivity index (χ2v) is 7.48. The van der Waals surface area contributed by atoms with Crippen molar-refractivity contribution in [3.63, 3.8) is 0 Å². The fourth-order valence-electron chi connectivity index (χ4n) is 3.07. The summed E-state index contributed by atoms with van der Waals surface area (Å²) in [5.74, 6) is 1.99. The molecule has 1 aromatic heterocycles. The molecule has 1 atom stereocenters. The van der Waals surface area contributed by atoms with Gasteiger partial charge in [0.2, 0.25) is 6.79 Å². The molecule has 2 aromatic carbocycles. The minimum Gasteiger partial charge on any atom is -0.454 e. The number of aromatic nitrogens is 3. The van der Waals surface area contributed by atoms with E-state index in [1.165, 1.54) is 10.2 Å². The molecule has 6 nitrogen and oxygen atoms in total. The average molecular weight is 365 g/mol. The molecule has 130 valence electrons. The number of ether oxygens (including phenoxy) is 2. The number of aryl methyl sites for hydroxylation is 1. The van der Waals surface area contributed by atoms with Crippen molar-refractivity contribution >= 4 is 17.7 Å². The molecule has 0 bridgehead atoms. The van der Waals surface area contributed by atoms with Crippen LogP contribution in [-0.4, -0.2) is 27.5 Å². The number of rotatable bonds is 2. The molecule has 2 aliphatic heterocycles. The fraction of sp³-hybridized carbons (Fsp3) is 0.211. The van der Waals surface area contributed by atoms with Crippen LogP contribution in [0, 0.1) is 6.92 Å². The Bertz CT molecular complexity index is 1010. The summed E-state index contributed by atoms with van der Waals surface area (Å²) in [7, 11) is 0. The van der Waals surface area contributed by atoms with Crippen molar-refractivity contribution < 1.29 is 14.3 Å². The van der Waals surface area contributed by atoms with Crippen molar-refractivity contribution in [2.45, 2.75) is 23.8 Å². The number of fused-ring (bicyclic) bond motifs is 2. The van der Waals surface area contributed by atoms with Gasteiger partial charge in [-0.3, -0.25) is 4.79 Å². The first-order chi connectivity index (χ1) is 12.7. The number of carbonyl (C=O) groups is 1. The van der Waals surface area contributed by atoms with Gasteiger partial charge in [0.25, 0.3) is 5.91 Å². The van der Waals surface area contributed by atoms with Crippen LogP contribution in [0.25, 0.3) is 11.4 Å². The third-order valence-electron chi connectivity index (χ3n) is 4.50. The molecular weight excluding hydrogens is 350 g/mol. The van der Waals surface area contributed by atoms with E-state index >= 15 is 0 Å². The van der Waals surface area contributed by atoms with Gasteiger partial charge >= 0.3 is 0 Å². The van der Waals surface area contributed by atoms with E-state index in [0.29, 0.717) is 17.4 Å². The number of thioether (sulfide) groups is 1. The summed E-state index contributed by atoms with van der Waals surface area (Å²) in [5, 5.41) is 5.02. The largest absolute Gasteiger partial charge is 0.454 e. The molecule has 3 aromatic rings. The van der Waals surface area contributed by atoms with Crippen molar-refractivity contribution in [1.29, 1.82) is 0 Å². The maximum Gasteiger partial charge on any atom is 0.250 e. The zero-order chi connectivity index (χ0) is 17.7. The van der Waals surface area contributed by atoms with E-state index in [4.69, 9.17) is 9.47 Å². The van der Waals surface area contributed by atoms with Crippen LogP contribution in [0.2, 0.25) is 0 Å². The van der Waals surface area contributed by atoms with Gasteiger partial charge in [-0.2, -0.15) is 4.68 Å². The van der Waals surface area contributed by atoms with E-state index in [1.807, 2.05) is 49.4 Å². The third kappa shape index (κ3) is 2.55. The first-order valence-corrected chi connectivity index (χ1v) is 9.19. The number of carbonyl (C=O) groups excluding carboxylic acids is 1. The fourth-order valence-corrected chi connectivity index (χ4v) is 4.22. The third-order valence-corrected chi connectivity index (χ3v) is 5.70. The predicted molar refractivity (Wildman–Crippen MR) is 96.6 cm³/mol. The maximum atomic E-state index is 12.6. The second kappa shape index (κ2) is 5.88. The standard InChI is InChI=1S/C19H15N3O3S/c1-11-2-4-12(5-3-11)18-20-19-22(21-18)17(23)9-16(26-19)13-6-7-14-15(8-13)25-10-24-14/h2-8,16H,9-10H2,1H3/t16-/m0/s1. The van der Waals surface area contributed by atoms with Gasteiger partial charge in [0.1, 0.15) is 0 Å². The highest BCUT2D eigenvalue weighted by molar-refractivity contribution is 7.99. The molecule has 0 saturated heterocycles. The quantitative estimate of drug-likeness (QED) is 0.687. The van der Waals surface area contributed by atoms with Crippen LogP contribution in [0.4, 0.5) is 0 Å². The van der Waals surface area contributed by atoms with Gasteiger partial charge in [0, 0.05) is 17.2 Å². The average Bonchev–Trinajstić information content (AvgIpc) is 3.28. The van der Waals surface area contributed by atoms with Crippen molar-refractivity contribution in [2.24, 2.45) is 0 Å². The van der Waals surface area contributed by atoms with Crippen molar-refractivity contribution in [3.05, 3.63) is 53.6 Å². The van der Waals surface area contributed by atoms with Gasteiger partial charge in [0.05, 0.1) is 0 Å². The maximum absolute atomic E-state index is 12.6. The van der Waals surface area contributed by atoms with Crippen molar-refractivity contribution in [1.82, 2.24) is 14.8 Å². The number of nitrogens with zero attached hydrogens (tertiary/aromatic N) is 3. The van der Waals surface area contributed by atoms with Crippen LogP contribution in [0.1, 0.15) is 27.6 Å². The Kier molecular flexibility index (Phi) is 3.49. The van der Waals surface area contributed by atoms with Gasteiger partial charge in [-0.1, -0.05) is 47.7 Å². The molecule has 26 heavy (non-hydrogen) atoms. The summed E-state index contributed by atoms with van der Waals surface area (Å²) in [6, 6.07) is 13.8. The smallest absolute Gasteiger partial charge is 0.250 e. The van der Waals surface area contributed by atoms with Crippen LogP contribution in [0.15, 0.2) is 47.6 Å². The molecule has 0 fully saturated rings. The molecular formula is C19H15N3O3S. The van der Waals surface area contributed by atoms with Crippen molar-refractivity contribution in [2.75, 3.05) is 6.79 Å². The zero-order valence-electron chi connectivity index (χ0n) is 14.0. The Hall–Kier alpha value is -2.80. The zero-order valence-corrected chi connectivity index (χ0v) is 14.8. The Morgan fingerprint density at radius 3 is 2.77 bits per heavy atom. The van der Waals surface area contributed by atoms with E-state index < -0.39 is 0 Å². The summed E-state index contributed by atoms with van der Waals surface area (Å²) < 4.78 is 12.2. The van der Waals surface area contributed by atoms with E-state index in [0.717, 1.165) is 22.6 Å². The Morgan fingerprint density at radius 2 is 1.92 bits per heavy atom. The lowest BCUT2D eigenvalue weighted by atomic mass is 10.1. The molecule has 0 amide bonds. The van der Waals surface area contributed by atoms with Crippen LogP contribution in [-0.2, 0) is 0 Å². The molecule has 0 aliphatic carbocycles. The summed E-state index contributed by atoms with van der Waals surface area (Å²) in [6.45, 7) is 2.27. The molecule has 0 radical (unpaired) electrons. The van der Waals surface area contributed by atoms with E-state index in [2.05, 4.69) is 10.1 Å². The lowest BCUT2D eigenvalue weighted by Crippen LogP contribution is -2.20. The number of hydrogen-bond acceptors (Lipinski definition) is 6. The van der Waals surface area contributed by atoms with Crippen LogP contribution < -0.4 is 9.47 Å². The molecule has 7 heteroatoms. The van der Waals surface area contributed by atoms with E-state index in [1.54, 1.807) is 11.8 Å². The number of hydrogen-bond donors (Lipinski definition) is 0. The highest BCUT2D eigenvalue weighted by atomic mass is 32.2. The molecule has 0 unspecified atom stereocenters. The van der Waals surface area contributed by atoms with Crippen molar-refractivity contribution in [3.8, 4) is 22.9 Å². The minimum absolute atomic E-state index is 0.0143. The Balaban J connectivity index is 1.47. The molecule has 0 saturated carbocycles. The second-order valence-electron chi connectivity index (χ2n) is 6.31. The van der Waals surface area contributed by atoms with E-state index in [9.17, 15) is 4.79 Å². The first kappa shape index (κ1) is 15.5. The predicted octanol–water partition coefficient (Wildman–Crippen LogP) is 3.86. The lowest BCUT2D eigenvalue weighted by molar-refractivity contribution is 0.0868. The Labute approximate surface area is 154 Å². The Morgan fingerprint density at radius 1 is 1.12 bits per heavy atom. The topological polar surface area (TPSA) is 66.2 Å². The van der Waals surface area contributed by atoms with Crippen LogP contribution in [0.3, 0.4) is 0 Å². The SMILES string of the molecule is Cc1ccc(-c2nc3n(n2)C(=O)C[C@@H](c2ccc4c(c2)OCO4)S3)cc1. The summed E-state index contributed by atoms with van der Waals surface area (Å²) >= 11 is 1.55. The number of benzene rings is 2. The minimum atomic E-state index is -0.0488. The highest BCUT2D eigenvalue weighted by Crippen LogP contribution is 2.44. The molecule has 2 aliphatic rings. The van der Waals surface area contributed by atoms with Gasteiger partial charge in [-0.15, -0.1) is 5.10 Å². The van der Waals surface area contributed by atoms with Crippen LogP contribution in [0.5, 0.6) is 11.5 Å². The monoisotopic (exact) mass is 365 g/mol. The van der Waals surface area contributed by atoms with Gasteiger partial charge < -0.3 is 9.47 Å². The highest BCUT2D eigenvalue weighted by Gasteiger charge is 2.31. The van der Waals surface area contributed by atoms with Gasteiger partial charge in [-0.25, -0.2) is 4.98 Å². The molecule has 0 spiro atoms. The molecule has 3 heterocycles. The molecule has 5 rings (SSSR count). The van der Waals surface area contributed by atoms with E-state index in [-0.39, 0.29) is 18.0 Å². The van der Waals surface area contributed by atoms with Crippen LogP contribution >= 0.6 is 11.8 Å². The molecule has 0 N–H and O–H groups in total. The summed E-state index contributed by atoms with van der Waals surface area (Å²) in [5.41, 5.74) is 3.11. The van der Waals surface area contributed by atoms with Gasteiger partial charge in [0.15, 0.2) is 22.5 Å². The van der Waals surface area contributed by atoms with Gasteiger partial charge in [-0.05, 0) is 24.6 Å². The lowest BCUT2D eigenvalue weighted by Gasteiger charge is -2.20. The first-order valence-electron chi connectivity index (χ1n) is 8.31. The summed E-state index contributed by atoms with van der Waals surface area (Å²) in [4.78, 5) is 17.2.